The van der Waals surface area contributed by atoms with Crippen LogP contribution in [0.2, 0.25) is 0 Å². The maximum Gasteiger partial charge on any atom is 0.264 e. The summed E-state index contributed by atoms with van der Waals surface area (Å²) in [6.45, 7) is 6.28. The predicted molar refractivity (Wildman–Crippen MR) is 135 cm³/mol. The van der Waals surface area contributed by atoms with Crippen LogP contribution in [0.25, 0.3) is 0 Å². The summed E-state index contributed by atoms with van der Waals surface area (Å²) in [5.41, 5.74) is -1.17. The highest BCUT2D eigenvalue weighted by atomic mass is 32.2. The van der Waals surface area contributed by atoms with Gasteiger partial charge in [-0.15, -0.1) is 6.58 Å². The molecule has 2 N–H and O–H groups in total. The van der Waals surface area contributed by atoms with E-state index in [9.17, 15) is 22.8 Å². The Balaban J connectivity index is 1.27. The third-order valence-corrected chi connectivity index (χ3v) is 9.00. The molecule has 5 rings (SSSR count). The number of nitrogens with one attached hydrogen (secondary N) is 2. The summed E-state index contributed by atoms with van der Waals surface area (Å²) in [6, 6.07) is 15.3. The van der Waals surface area contributed by atoms with Crippen molar-refractivity contribution >= 4 is 27.7 Å². The van der Waals surface area contributed by atoms with Crippen molar-refractivity contribution in [3.63, 3.8) is 0 Å². The zero-order chi connectivity index (χ0) is 26.4. The van der Waals surface area contributed by atoms with Crippen LogP contribution in [0, 0.1) is 17.3 Å². The van der Waals surface area contributed by atoms with Gasteiger partial charge < -0.3 is 15.0 Å². The van der Waals surface area contributed by atoms with E-state index in [2.05, 4.69) is 16.6 Å². The molecule has 1 aliphatic heterocycles. The quantitative estimate of drug-likeness (QED) is 0.485. The molecule has 0 radical (unpaired) electrons. The van der Waals surface area contributed by atoms with Gasteiger partial charge in [-0.2, -0.15) is 0 Å². The zero-order valence-electron chi connectivity index (χ0n) is 20.5. The highest BCUT2D eigenvalue weighted by Crippen LogP contribution is 2.59. The first-order valence-electron chi connectivity index (χ1n) is 12.1. The minimum Gasteiger partial charge on any atom is -0.489 e. The Kier molecular flexibility index (Phi) is 6.10. The lowest BCUT2D eigenvalue weighted by Crippen LogP contribution is -2.54. The number of amides is 3. The van der Waals surface area contributed by atoms with E-state index in [0.29, 0.717) is 25.3 Å². The van der Waals surface area contributed by atoms with E-state index in [4.69, 9.17) is 4.74 Å². The van der Waals surface area contributed by atoms with Crippen molar-refractivity contribution in [2.75, 3.05) is 13.1 Å². The average molecular weight is 524 g/mol. The molecular weight excluding hydrogens is 494 g/mol. The fraction of sp³-hybridized carbons (Fsp3) is 0.370. The molecule has 4 atom stereocenters. The van der Waals surface area contributed by atoms with Crippen molar-refractivity contribution in [2.24, 2.45) is 17.3 Å². The number of nitrogens with zero attached hydrogens (tertiary/aromatic N) is 1. The van der Waals surface area contributed by atoms with Crippen LogP contribution in [0.15, 0.2) is 72.1 Å². The van der Waals surface area contributed by atoms with E-state index in [-0.39, 0.29) is 35.7 Å². The Hall–Kier alpha value is -3.66. The summed E-state index contributed by atoms with van der Waals surface area (Å²) in [5, 5.41) is 2.83. The smallest absolute Gasteiger partial charge is 0.264 e. The number of fused-ring (bicyclic) bond motifs is 1. The molecule has 0 bridgehead atoms. The number of ether oxygens (including phenoxy) is 1. The van der Waals surface area contributed by atoms with Crippen LogP contribution in [0.3, 0.4) is 0 Å². The summed E-state index contributed by atoms with van der Waals surface area (Å²) >= 11 is 0. The van der Waals surface area contributed by atoms with Gasteiger partial charge in [0.2, 0.25) is 11.8 Å². The van der Waals surface area contributed by atoms with Gasteiger partial charge in [0.15, 0.2) is 0 Å². The lowest BCUT2D eigenvalue weighted by Gasteiger charge is -2.23. The van der Waals surface area contributed by atoms with Gasteiger partial charge in [-0.1, -0.05) is 42.5 Å². The fourth-order valence-corrected chi connectivity index (χ4v) is 6.25. The monoisotopic (exact) mass is 523 g/mol. The van der Waals surface area contributed by atoms with Crippen LogP contribution in [-0.4, -0.2) is 49.7 Å². The molecule has 9 nitrogen and oxygen atoms in total. The predicted octanol–water partition coefficient (Wildman–Crippen LogP) is 2.00. The van der Waals surface area contributed by atoms with Crippen molar-refractivity contribution in [3.05, 3.63) is 72.8 Å². The first kappa shape index (κ1) is 25.0. The second-order valence-electron chi connectivity index (χ2n) is 10.1. The molecule has 3 aliphatic rings. The molecule has 2 aromatic carbocycles. The number of carbonyl (C=O) groups is 3. The molecule has 2 saturated carbocycles. The number of hydrogen-bond donors (Lipinski definition) is 2. The topological polar surface area (TPSA) is 122 Å². The number of rotatable bonds is 9. The van der Waals surface area contributed by atoms with E-state index < -0.39 is 32.8 Å². The highest BCUT2D eigenvalue weighted by Gasteiger charge is 2.69. The summed E-state index contributed by atoms with van der Waals surface area (Å²) in [6.07, 6.45) is 2.44. The van der Waals surface area contributed by atoms with Gasteiger partial charge in [0, 0.05) is 32.0 Å². The minimum absolute atomic E-state index is 0.0554. The number of piperidine rings is 1. The standard InChI is InChI=1S/C27H29N3O6S/c1-3-20-14-27(20,28-24(32)26-13-21(26)15-30(17-26)18(2)31)25(33)29-37(34,35)23-11-7-10-22(12-23)36-16-19-8-5-4-6-9-19/h3-12,20-21H,1,13-17H2,2H3,(H,28,32)(H,29,33)/t20-,21?,26?,27-/m1/s1. The molecule has 37 heavy (non-hydrogen) atoms. The number of sulfonamides is 1. The van der Waals surface area contributed by atoms with Crippen LogP contribution in [0.5, 0.6) is 5.75 Å². The highest BCUT2D eigenvalue weighted by molar-refractivity contribution is 7.90. The number of likely N-dealkylation sites (tertiary alicyclic amines) is 1. The van der Waals surface area contributed by atoms with Gasteiger partial charge in [-0.05, 0) is 36.5 Å². The molecule has 0 aromatic heterocycles. The average Bonchev–Trinajstić information content (AvgIpc) is 3.75. The van der Waals surface area contributed by atoms with E-state index in [1.165, 1.54) is 25.1 Å². The van der Waals surface area contributed by atoms with Gasteiger partial charge in [0.25, 0.3) is 15.9 Å². The number of benzene rings is 2. The Bertz CT molecular complexity index is 1380. The number of carbonyl (C=O) groups excluding carboxylic acids is 3. The van der Waals surface area contributed by atoms with Crippen molar-refractivity contribution in [2.45, 2.75) is 36.8 Å². The largest absolute Gasteiger partial charge is 0.489 e. The molecule has 3 amide bonds. The third-order valence-electron chi connectivity index (χ3n) is 7.68. The molecule has 1 saturated heterocycles. The maximum absolute atomic E-state index is 13.3. The summed E-state index contributed by atoms with van der Waals surface area (Å²) in [5.74, 6) is -1.23. The summed E-state index contributed by atoms with van der Waals surface area (Å²) < 4.78 is 34.1. The molecular formula is C27H29N3O6S. The van der Waals surface area contributed by atoms with E-state index in [1.807, 2.05) is 30.3 Å². The summed E-state index contributed by atoms with van der Waals surface area (Å²) in [7, 11) is -4.24. The molecule has 1 heterocycles. The fourth-order valence-electron chi connectivity index (χ4n) is 5.18. The molecule has 194 valence electrons. The Morgan fingerprint density at radius 2 is 1.86 bits per heavy atom. The zero-order valence-corrected chi connectivity index (χ0v) is 21.3. The van der Waals surface area contributed by atoms with Crippen molar-refractivity contribution in [1.82, 2.24) is 14.9 Å². The van der Waals surface area contributed by atoms with E-state index >= 15 is 0 Å². The van der Waals surface area contributed by atoms with Gasteiger partial charge in [0.05, 0.1) is 10.3 Å². The third kappa shape index (κ3) is 4.61. The van der Waals surface area contributed by atoms with Gasteiger partial charge in [-0.25, -0.2) is 13.1 Å². The first-order valence-corrected chi connectivity index (χ1v) is 13.6. The lowest BCUT2D eigenvalue weighted by atomic mass is 10.0. The SMILES string of the molecule is C=C[C@@H]1C[C@]1(NC(=O)C12CC1CN(C(C)=O)C2)C(=O)NS(=O)(=O)c1cccc(OCc2ccccc2)c1. The Morgan fingerprint density at radius 3 is 2.51 bits per heavy atom. The van der Waals surface area contributed by atoms with Gasteiger partial charge in [0.1, 0.15) is 17.9 Å². The molecule has 2 unspecified atom stereocenters. The Labute approximate surface area is 215 Å². The van der Waals surface area contributed by atoms with E-state index in [1.54, 1.807) is 17.0 Å². The van der Waals surface area contributed by atoms with Crippen LogP contribution in [-0.2, 0) is 31.0 Å². The van der Waals surface area contributed by atoms with Crippen molar-refractivity contribution in [1.29, 1.82) is 0 Å². The van der Waals surface area contributed by atoms with Crippen LogP contribution in [0.4, 0.5) is 0 Å². The van der Waals surface area contributed by atoms with E-state index in [0.717, 1.165) is 5.56 Å². The first-order chi connectivity index (χ1) is 17.6. The van der Waals surface area contributed by atoms with Gasteiger partial charge in [-0.3, -0.25) is 14.4 Å². The molecule has 2 aromatic rings. The van der Waals surface area contributed by atoms with Gasteiger partial charge >= 0.3 is 0 Å². The van der Waals surface area contributed by atoms with Crippen molar-refractivity contribution in [3.8, 4) is 5.75 Å². The van der Waals surface area contributed by atoms with Crippen LogP contribution < -0.4 is 14.8 Å². The molecule has 10 heteroatoms. The maximum atomic E-state index is 13.3. The number of hydrogen-bond acceptors (Lipinski definition) is 6. The van der Waals surface area contributed by atoms with Crippen molar-refractivity contribution < 1.29 is 27.5 Å². The summed E-state index contributed by atoms with van der Waals surface area (Å²) in [4.78, 5) is 39.8. The van der Waals surface area contributed by atoms with Crippen LogP contribution in [0.1, 0.15) is 25.3 Å². The molecule has 2 aliphatic carbocycles. The van der Waals surface area contributed by atoms with Crippen LogP contribution >= 0.6 is 0 Å². The normalized spacial score (nSPS) is 27.5. The second-order valence-corrected chi connectivity index (χ2v) is 11.8. The second kappa shape index (κ2) is 9.02. The molecule has 0 spiro atoms. The minimum atomic E-state index is -4.24. The molecule has 3 fully saturated rings. The Morgan fingerprint density at radius 1 is 1.11 bits per heavy atom. The lowest BCUT2D eigenvalue weighted by molar-refractivity contribution is -0.133.